The summed E-state index contributed by atoms with van der Waals surface area (Å²) in [7, 11) is 4.18. The first-order valence-corrected chi connectivity index (χ1v) is 6.97. The topological polar surface area (TPSA) is 52.8 Å². The number of carbonyl (C=O) groups excluding carboxylic acids is 1. The van der Waals surface area contributed by atoms with E-state index in [9.17, 15) is 4.79 Å². The molecular weight excluding hydrogens is 228 g/mol. The van der Waals surface area contributed by atoms with E-state index >= 15 is 0 Å². The first-order chi connectivity index (χ1) is 8.51. The smallest absolute Gasteiger partial charge is 0.242 e. The minimum atomic E-state index is -0.522. The summed E-state index contributed by atoms with van der Waals surface area (Å²) >= 11 is 0. The van der Waals surface area contributed by atoms with E-state index < -0.39 is 5.54 Å². The minimum absolute atomic E-state index is 0.181. The standard InChI is InChI=1S/C13H26N4O/c1-15(2)6-7-16-8-10-17(11-9-16)12(18)13(14)4-3-5-13/h3-11,14H2,1-2H3. The van der Waals surface area contributed by atoms with Crippen LogP contribution in [0.5, 0.6) is 0 Å². The molecule has 2 aliphatic rings. The number of hydrogen-bond donors (Lipinski definition) is 1. The number of amides is 1. The molecule has 0 aromatic rings. The second-order valence-electron chi connectivity index (χ2n) is 5.95. The molecule has 1 aliphatic carbocycles. The predicted molar refractivity (Wildman–Crippen MR) is 72.3 cm³/mol. The zero-order valence-corrected chi connectivity index (χ0v) is 11.7. The van der Waals surface area contributed by atoms with Crippen LogP contribution in [0.2, 0.25) is 0 Å². The second kappa shape index (κ2) is 5.55. The van der Waals surface area contributed by atoms with Gasteiger partial charge in [0.15, 0.2) is 0 Å². The summed E-state index contributed by atoms with van der Waals surface area (Å²) in [4.78, 5) is 18.8. The van der Waals surface area contributed by atoms with E-state index in [0.717, 1.165) is 58.5 Å². The molecule has 1 saturated carbocycles. The Kier molecular flexibility index (Phi) is 4.25. The third-order valence-corrected chi connectivity index (χ3v) is 4.19. The highest BCUT2D eigenvalue weighted by Crippen LogP contribution is 2.31. The van der Waals surface area contributed by atoms with Crippen molar-refractivity contribution in [2.75, 3.05) is 53.4 Å². The Morgan fingerprint density at radius 2 is 1.83 bits per heavy atom. The fourth-order valence-corrected chi connectivity index (χ4v) is 2.60. The summed E-state index contributed by atoms with van der Waals surface area (Å²) in [5.41, 5.74) is 5.58. The van der Waals surface area contributed by atoms with Gasteiger partial charge in [0.2, 0.25) is 5.91 Å². The van der Waals surface area contributed by atoms with Gasteiger partial charge in [0, 0.05) is 39.3 Å². The lowest BCUT2D eigenvalue weighted by Crippen LogP contribution is -2.62. The molecule has 0 unspecified atom stereocenters. The molecule has 0 radical (unpaired) electrons. The average Bonchev–Trinajstić information content (AvgIpc) is 2.33. The van der Waals surface area contributed by atoms with Gasteiger partial charge in [-0.15, -0.1) is 0 Å². The Bertz CT molecular complexity index is 293. The fraction of sp³-hybridized carbons (Fsp3) is 0.923. The number of carbonyl (C=O) groups is 1. The number of piperazine rings is 1. The first-order valence-electron chi connectivity index (χ1n) is 6.97. The van der Waals surface area contributed by atoms with Crippen LogP contribution in [0.15, 0.2) is 0 Å². The lowest BCUT2D eigenvalue weighted by atomic mass is 9.76. The number of rotatable bonds is 4. The lowest BCUT2D eigenvalue weighted by Gasteiger charge is -2.43. The molecule has 1 amide bonds. The van der Waals surface area contributed by atoms with Crippen molar-refractivity contribution in [2.24, 2.45) is 5.73 Å². The van der Waals surface area contributed by atoms with E-state index in [-0.39, 0.29) is 5.91 Å². The molecule has 1 heterocycles. The van der Waals surface area contributed by atoms with Gasteiger partial charge < -0.3 is 15.5 Å². The van der Waals surface area contributed by atoms with Gasteiger partial charge in [-0.05, 0) is 33.4 Å². The van der Waals surface area contributed by atoms with Gasteiger partial charge in [-0.25, -0.2) is 0 Å². The van der Waals surface area contributed by atoms with E-state index in [2.05, 4.69) is 23.9 Å². The maximum absolute atomic E-state index is 12.2. The lowest BCUT2D eigenvalue weighted by molar-refractivity contribution is -0.142. The minimum Gasteiger partial charge on any atom is -0.339 e. The van der Waals surface area contributed by atoms with E-state index in [1.165, 1.54) is 0 Å². The second-order valence-corrected chi connectivity index (χ2v) is 5.95. The zero-order valence-electron chi connectivity index (χ0n) is 11.7. The molecule has 5 heteroatoms. The predicted octanol–water partition coefficient (Wildman–Crippen LogP) is -0.426. The van der Waals surface area contributed by atoms with Crippen LogP contribution in [0.4, 0.5) is 0 Å². The van der Waals surface area contributed by atoms with Crippen molar-refractivity contribution >= 4 is 5.91 Å². The summed E-state index contributed by atoms with van der Waals surface area (Å²) in [6, 6.07) is 0. The van der Waals surface area contributed by atoms with Crippen LogP contribution in [0.1, 0.15) is 19.3 Å². The quantitative estimate of drug-likeness (QED) is 0.740. The summed E-state index contributed by atoms with van der Waals surface area (Å²) < 4.78 is 0. The Hall–Kier alpha value is -0.650. The molecule has 104 valence electrons. The van der Waals surface area contributed by atoms with Gasteiger partial charge in [0.05, 0.1) is 5.54 Å². The van der Waals surface area contributed by atoms with Crippen LogP contribution in [-0.2, 0) is 4.79 Å². The van der Waals surface area contributed by atoms with Gasteiger partial charge >= 0.3 is 0 Å². The molecule has 2 N–H and O–H groups in total. The molecule has 0 aromatic heterocycles. The Labute approximate surface area is 110 Å². The normalized spacial score (nSPS) is 24.1. The molecule has 0 spiro atoms. The zero-order chi connectivity index (χ0) is 13.2. The monoisotopic (exact) mass is 254 g/mol. The van der Waals surface area contributed by atoms with Crippen LogP contribution in [0, 0.1) is 0 Å². The van der Waals surface area contributed by atoms with Crippen molar-refractivity contribution in [1.29, 1.82) is 0 Å². The molecule has 5 nitrogen and oxygen atoms in total. The van der Waals surface area contributed by atoms with Crippen LogP contribution >= 0.6 is 0 Å². The van der Waals surface area contributed by atoms with Crippen LogP contribution in [0.3, 0.4) is 0 Å². The van der Waals surface area contributed by atoms with Gasteiger partial charge in [-0.3, -0.25) is 9.69 Å². The van der Waals surface area contributed by atoms with E-state index in [4.69, 9.17) is 5.73 Å². The first kappa shape index (κ1) is 13.8. The van der Waals surface area contributed by atoms with Crippen molar-refractivity contribution in [2.45, 2.75) is 24.8 Å². The molecule has 0 atom stereocenters. The fourth-order valence-electron chi connectivity index (χ4n) is 2.60. The van der Waals surface area contributed by atoms with E-state index in [0.29, 0.717) is 0 Å². The highest BCUT2D eigenvalue weighted by Gasteiger charge is 2.43. The summed E-state index contributed by atoms with van der Waals surface area (Å²) in [6.45, 7) is 5.80. The third-order valence-electron chi connectivity index (χ3n) is 4.19. The number of hydrogen-bond acceptors (Lipinski definition) is 4. The van der Waals surface area contributed by atoms with Gasteiger partial charge in [-0.1, -0.05) is 0 Å². The van der Waals surface area contributed by atoms with Crippen LogP contribution in [-0.4, -0.2) is 79.5 Å². The maximum atomic E-state index is 12.2. The Morgan fingerprint density at radius 3 is 2.28 bits per heavy atom. The highest BCUT2D eigenvalue weighted by molar-refractivity contribution is 5.87. The van der Waals surface area contributed by atoms with Gasteiger partial charge in [-0.2, -0.15) is 0 Å². The van der Waals surface area contributed by atoms with Crippen LogP contribution < -0.4 is 5.73 Å². The van der Waals surface area contributed by atoms with Crippen molar-refractivity contribution in [3.05, 3.63) is 0 Å². The van der Waals surface area contributed by atoms with Gasteiger partial charge in [0.25, 0.3) is 0 Å². The molecular formula is C13H26N4O. The molecule has 1 aliphatic heterocycles. The Morgan fingerprint density at radius 1 is 1.22 bits per heavy atom. The summed E-state index contributed by atoms with van der Waals surface area (Å²) in [5, 5.41) is 0. The Balaban J connectivity index is 1.74. The third kappa shape index (κ3) is 3.02. The molecule has 0 aromatic carbocycles. The SMILES string of the molecule is CN(C)CCN1CCN(C(=O)C2(N)CCC2)CC1. The maximum Gasteiger partial charge on any atom is 0.242 e. The van der Waals surface area contributed by atoms with Gasteiger partial charge in [0.1, 0.15) is 0 Å². The van der Waals surface area contributed by atoms with Crippen molar-refractivity contribution in [1.82, 2.24) is 14.7 Å². The van der Waals surface area contributed by atoms with Crippen LogP contribution in [0.25, 0.3) is 0 Å². The molecule has 1 saturated heterocycles. The molecule has 2 rings (SSSR count). The highest BCUT2D eigenvalue weighted by atomic mass is 16.2. The number of nitrogens with two attached hydrogens (primary N) is 1. The van der Waals surface area contributed by atoms with Crippen molar-refractivity contribution in [3.63, 3.8) is 0 Å². The van der Waals surface area contributed by atoms with E-state index in [1.54, 1.807) is 0 Å². The van der Waals surface area contributed by atoms with E-state index in [1.807, 2.05) is 4.90 Å². The largest absolute Gasteiger partial charge is 0.339 e. The number of likely N-dealkylation sites (N-methyl/N-ethyl adjacent to an activating group) is 1. The molecule has 0 bridgehead atoms. The summed E-state index contributed by atoms with van der Waals surface area (Å²) in [6.07, 6.45) is 2.84. The van der Waals surface area contributed by atoms with Crippen molar-refractivity contribution < 1.29 is 4.79 Å². The average molecular weight is 254 g/mol. The number of nitrogens with zero attached hydrogens (tertiary/aromatic N) is 3. The van der Waals surface area contributed by atoms with Crippen molar-refractivity contribution in [3.8, 4) is 0 Å². The molecule has 2 fully saturated rings. The molecule has 18 heavy (non-hydrogen) atoms. The summed E-state index contributed by atoms with van der Waals surface area (Å²) in [5.74, 6) is 0.181.